The van der Waals surface area contributed by atoms with Crippen molar-refractivity contribution in [3.8, 4) is 11.3 Å². The number of azo groups is 1. The number of hydrogen-bond acceptors (Lipinski definition) is 6. The quantitative estimate of drug-likeness (QED) is 0.471. The first-order valence-corrected chi connectivity index (χ1v) is 10.3. The number of carbonyl (C=O) groups is 1. The standard InChI is InChI=1S/C20H16BrN5OS/c1-12-8-9-15(10-16(12)21)23-24-18-13(2)25-26(19(18)27)20-22-17(11-28-20)14-6-4-3-5-7-14/h3-11,18H,1-2H3/t18-/m1/s1. The lowest BCUT2D eigenvalue weighted by molar-refractivity contribution is -0.117. The number of halogens is 1. The van der Waals surface area contributed by atoms with Crippen LogP contribution < -0.4 is 5.01 Å². The van der Waals surface area contributed by atoms with Gasteiger partial charge in [-0.3, -0.25) is 4.79 Å². The minimum absolute atomic E-state index is 0.249. The molecule has 1 aliphatic heterocycles. The van der Waals surface area contributed by atoms with Crippen molar-refractivity contribution in [3.63, 3.8) is 0 Å². The fourth-order valence-corrected chi connectivity index (χ4v) is 3.85. The van der Waals surface area contributed by atoms with Crippen molar-refractivity contribution in [1.82, 2.24) is 4.98 Å². The second-order valence-electron chi connectivity index (χ2n) is 6.32. The molecule has 1 aliphatic rings. The Kier molecular flexibility index (Phi) is 5.15. The fraction of sp³-hybridized carbons (Fsp3) is 0.150. The molecule has 2 aromatic carbocycles. The van der Waals surface area contributed by atoms with Gasteiger partial charge in [-0.2, -0.15) is 20.3 Å². The minimum Gasteiger partial charge on any atom is -0.269 e. The lowest BCUT2D eigenvalue weighted by Crippen LogP contribution is -2.29. The van der Waals surface area contributed by atoms with Gasteiger partial charge in [0.2, 0.25) is 5.13 Å². The Morgan fingerprint density at radius 3 is 2.68 bits per heavy atom. The zero-order valence-electron chi connectivity index (χ0n) is 15.2. The van der Waals surface area contributed by atoms with E-state index in [0.717, 1.165) is 21.3 Å². The van der Waals surface area contributed by atoms with Gasteiger partial charge in [0.25, 0.3) is 5.91 Å². The first-order chi connectivity index (χ1) is 13.5. The molecule has 1 amide bonds. The zero-order valence-corrected chi connectivity index (χ0v) is 17.6. The molecular weight excluding hydrogens is 438 g/mol. The molecule has 1 atom stereocenters. The molecular formula is C20H16BrN5OS. The van der Waals surface area contributed by atoms with Crippen molar-refractivity contribution in [2.24, 2.45) is 15.3 Å². The molecule has 0 unspecified atom stereocenters. The molecule has 0 fully saturated rings. The van der Waals surface area contributed by atoms with Crippen LogP contribution in [0.1, 0.15) is 12.5 Å². The monoisotopic (exact) mass is 453 g/mol. The van der Waals surface area contributed by atoms with Crippen LogP contribution in [0.5, 0.6) is 0 Å². The third-order valence-electron chi connectivity index (χ3n) is 4.28. The molecule has 140 valence electrons. The lowest BCUT2D eigenvalue weighted by Gasteiger charge is -2.08. The number of anilines is 1. The Hall–Kier alpha value is -2.71. The molecule has 28 heavy (non-hydrogen) atoms. The first-order valence-electron chi connectivity index (χ1n) is 8.60. The van der Waals surface area contributed by atoms with E-state index in [0.29, 0.717) is 16.5 Å². The molecule has 0 spiro atoms. The number of hydrogen-bond donors (Lipinski definition) is 0. The Morgan fingerprint density at radius 1 is 1.14 bits per heavy atom. The van der Waals surface area contributed by atoms with E-state index in [2.05, 4.69) is 36.2 Å². The van der Waals surface area contributed by atoms with E-state index in [1.165, 1.54) is 16.3 Å². The second-order valence-corrected chi connectivity index (χ2v) is 8.02. The minimum atomic E-state index is -0.732. The molecule has 0 bridgehead atoms. The van der Waals surface area contributed by atoms with Crippen LogP contribution in [0.3, 0.4) is 0 Å². The summed E-state index contributed by atoms with van der Waals surface area (Å²) in [6.45, 7) is 3.77. The molecule has 0 N–H and O–H groups in total. The van der Waals surface area contributed by atoms with Crippen molar-refractivity contribution >= 4 is 49.7 Å². The van der Waals surface area contributed by atoms with Gasteiger partial charge in [0.1, 0.15) is 0 Å². The summed E-state index contributed by atoms with van der Waals surface area (Å²) < 4.78 is 0.949. The highest BCUT2D eigenvalue weighted by molar-refractivity contribution is 9.10. The van der Waals surface area contributed by atoms with Gasteiger partial charge in [-0.1, -0.05) is 52.3 Å². The molecule has 0 aliphatic carbocycles. The number of hydrazone groups is 1. The molecule has 3 aromatic rings. The van der Waals surface area contributed by atoms with Gasteiger partial charge < -0.3 is 0 Å². The summed E-state index contributed by atoms with van der Waals surface area (Å²) >= 11 is 4.85. The number of carbonyl (C=O) groups excluding carboxylic acids is 1. The summed E-state index contributed by atoms with van der Waals surface area (Å²) in [6, 6.07) is 14.8. The number of thiazole rings is 1. The maximum Gasteiger partial charge on any atom is 0.282 e. The zero-order chi connectivity index (χ0) is 19.7. The summed E-state index contributed by atoms with van der Waals surface area (Å²) in [6.07, 6.45) is 0. The number of rotatable bonds is 4. The van der Waals surface area contributed by atoms with Crippen molar-refractivity contribution in [2.75, 3.05) is 5.01 Å². The number of aromatic nitrogens is 1. The fourth-order valence-electron chi connectivity index (χ4n) is 2.70. The predicted molar refractivity (Wildman–Crippen MR) is 115 cm³/mol. The Balaban J connectivity index is 1.54. The van der Waals surface area contributed by atoms with Gasteiger partial charge in [0.15, 0.2) is 6.04 Å². The summed E-state index contributed by atoms with van der Waals surface area (Å²) in [5.41, 5.74) is 4.20. The highest BCUT2D eigenvalue weighted by atomic mass is 79.9. The van der Waals surface area contributed by atoms with Crippen LogP contribution in [0.25, 0.3) is 11.3 Å². The highest BCUT2D eigenvalue weighted by Crippen LogP contribution is 2.31. The normalized spacial score (nSPS) is 16.8. The molecule has 8 heteroatoms. The van der Waals surface area contributed by atoms with E-state index >= 15 is 0 Å². The van der Waals surface area contributed by atoms with Crippen LogP contribution in [0.4, 0.5) is 10.8 Å². The third-order valence-corrected chi connectivity index (χ3v) is 5.95. The van der Waals surface area contributed by atoms with Crippen molar-refractivity contribution in [2.45, 2.75) is 19.9 Å². The molecule has 6 nitrogen and oxygen atoms in total. The van der Waals surface area contributed by atoms with Gasteiger partial charge in [0.05, 0.1) is 17.1 Å². The number of amides is 1. The molecule has 2 heterocycles. The SMILES string of the molecule is CC1=NN(c2nc(-c3ccccc3)cs2)C(=O)[C@@H]1N=Nc1ccc(C)c(Br)c1. The molecule has 1 aromatic heterocycles. The van der Waals surface area contributed by atoms with Crippen molar-refractivity contribution < 1.29 is 4.79 Å². The van der Waals surface area contributed by atoms with Crippen LogP contribution in [-0.2, 0) is 4.79 Å². The highest BCUT2D eigenvalue weighted by Gasteiger charge is 2.36. The largest absolute Gasteiger partial charge is 0.282 e. The smallest absolute Gasteiger partial charge is 0.269 e. The van der Waals surface area contributed by atoms with Crippen LogP contribution in [0.15, 0.2) is 73.7 Å². The average Bonchev–Trinajstić information content (AvgIpc) is 3.29. The van der Waals surface area contributed by atoms with E-state index in [1.54, 1.807) is 6.92 Å². The average molecular weight is 454 g/mol. The molecule has 0 saturated carbocycles. The van der Waals surface area contributed by atoms with E-state index < -0.39 is 6.04 Å². The van der Waals surface area contributed by atoms with E-state index in [4.69, 9.17) is 0 Å². The summed E-state index contributed by atoms with van der Waals surface area (Å²) in [5, 5.41) is 16.6. The predicted octanol–water partition coefficient (Wildman–Crippen LogP) is 5.76. The van der Waals surface area contributed by atoms with Crippen molar-refractivity contribution in [3.05, 3.63) is 63.9 Å². The van der Waals surface area contributed by atoms with Gasteiger partial charge >= 0.3 is 0 Å². The van der Waals surface area contributed by atoms with Crippen molar-refractivity contribution in [1.29, 1.82) is 0 Å². The van der Waals surface area contributed by atoms with Crippen LogP contribution in [-0.4, -0.2) is 22.6 Å². The Labute approximate surface area is 174 Å². The first kappa shape index (κ1) is 18.6. The van der Waals surface area contributed by atoms with Crippen LogP contribution in [0.2, 0.25) is 0 Å². The maximum atomic E-state index is 12.8. The number of nitrogens with zero attached hydrogens (tertiary/aromatic N) is 5. The molecule has 0 saturated heterocycles. The van der Waals surface area contributed by atoms with Gasteiger partial charge in [-0.05, 0) is 31.5 Å². The number of benzene rings is 2. The summed E-state index contributed by atoms with van der Waals surface area (Å²) in [7, 11) is 0. The van der Waals surface area contributed by atoms with Crippen LogP contribution in [0, 0.1) is 6.92 Å². The van der Waals surface area contributed by atoms with Gasteiger partial charge in [-0.15, -0.1) is 11.3 Å². The molecule has 0 radical (unpaired) electrons. The molecule has 4 rings (SSSR count). The second kappa shape index (κ2) is 7.73. The summed E-state index contributed by atoms with van der Waals surface area (Å²) in [4.78, 5) is 17.4. The van der Waals surface area contributed by atoms with E-state index in [9.17, 15) is 4.79 Å². The van der Waals surface area contributed by atoms with Gasteiger partial charge in [0, 0.05) is 15.4 Å². The maximum absolute atomic E-state index is 12.8. The van der Waals surface area contributed by atoms with E-state index in [1.807, 2.05) is 60.8 Å². The Morgan fingerprint density at radius 2 is 1.93 bits per heavy atom. The number of aryl methyl sites for hydroxylation is 1. The summed E-state index contributed by atoms with van der Waals surface area (Å²) in [5.74, 6) is -0.249. The third kappa shape index (κ3) is 3.65. The Bertz CT molecular complexity index is 1090. The van der Waals surface area contributed by atoms with Crippen LogP contribution >= 0.6 is 27.3 Å². The lowest BCUT2D eigenvalue weighted by atomic mass is 10.2. The van der Waals surface area contributed by atoms with Gasteiger partial charge in [-0.25, -0.2) is 4.98 Å². The van der Waals surface area contributed by atoms with E-state index in [-0.39, 0.29) is 5.91 Å². The topological polar surface area (TPSA) is 70.3 Å².